The Balaban J connectivity index is 2.42. The van der Waals surface area contributed by atoms with E-state index in [0.717, 1.165) is 16.7 Å². The zero-order valence-electron chi connectivity index (χ0n) is 14.3. The van der Waals surface area contributed by atoms with Crippen LogP contribution in [0.25, 0.3) is 6.08 Å². The van der Waals surface area contributed by atoms with Crippen molar-refractivity contribution in [3.05, 3.63) is 28.7 Å². The lowest BCUT2D eigenvalue weighted by Crippen LogP contribution is -2.52. The number of rotatable bonds is 6. The number of benzene rings is 1. The number of carbonyl (C=O) groups is 2. The summed E-state index contributed by atoms with van der Waals surface area (Å²) in [5.41, 5.74) is 0.636. The van der Waals surface area contributed by atoms with E-state index in [0.29, 0.717) is 22.0 Å². The molecule has 0 unspecified atom stereocenters. The molecule has 1 aliphatic rings. The van der Waals surface area contributed by atoms with Crippen LogP contribution in [-0.2, 0) is 9.59 Å². The molecule has 0 saturated carbocycles. The molecule has 2 rings (SSSR count). The molecule has 6 nitrogen and oxygen atoms in total. The van der Waals surface area contributed by atoms with Crippen LogP contribution in [0.2, 0.25) is 0 Å². The van der Waals surface area contributed by atoms with Crippen molar-refractivity contribution in [3.63, 3.8) is 0 Å². The highest BCUT2D eigenvalue weighted by Crippen LogP contribution is 2.37. The largest absolute Gasteiger partial charge is 0.548 e. The molecule has 1 amide bonds. The Bertz CT molecular complexity index is 745. The Morgan fingerprint density at radius 3 is 2.52 bits per heavy atom. The molecule has 0 spiro atoms. The van der Waals surface area contributed by atoms with E-state index in [4.69, 9.17) is 21.7 Å². The second-order valence-electron chi connectivity index (χ2n) is 5.67. The molecule has 1 aromatic carbocycles. The fraction of sp³-hybridized carbons (Fsp3) is 0.353. The Labute approximate surface area is 155 Å². The second-order valence-corrected chi connectivity index (χ2v) is 7.34. The van der Waals surface area contributed by atoms with Crippen LogP contribution >= 0.6 is 24.0 Å². The first kappa shape index (κ1) is 19.3. The summed E-state index contributed by atoms with van der Waals surface area (Å²) in [5.74, 6) is -0.948. The Kier molecular flexibility index (Phi) is 6.07. The minimum atomic E-state index is -1.33. The average molecular weight is 380 g/mol. The van der Waals surface area contributed by atoms with Gasteiger partial charge in [0.15, 0.2) is 0 Å². The standard InChI is InChI=1S/C17H19NO5S2/c1-9(2)14(16(20)21)18-15(19)13(25-17(18)24)8-10-7-11(22-3)5-6-12(10)23-4/h5-9,14H,1-4H3,(H,20,21)/p-1/b13-8+/t14-/m0/s1. The van der Waals surface area contributed by atoms with Gasteiger partial charge in [0, 0.05) is 5.56 Å². The normalized spacial score (nSPS) is 17.3. The van der Waals surface area contributed by atoms with Gasteiger partial charge in [-0.3, -0.25) is 9.69 Å². The first-order valence-corrected chi connectivity index (χ1v) is 8.72. The van der Waals surface area contributed by atoms with E-state index in [1.54, 1.807) is 38.1 Å². The number of nitrogens with zero attached hydrogens (tertiary/aromatic N) is 1. The summed E-state index contributed by atoms with van der Waals surface area (Å²) in [6.07, 6.45) is 1.62. The highest BCUT2D eigenvalue weighted by molar-refractivity contribution is 8.26. The number of hydrogen-bond donors (Lipinski definition) is 0. The summed E-state index contributed by atoms with van der Waals surface area (Å²) in [4.78, 5) is 25.6. The van der Waals surface area contributed by atoms with E-state index in [2.05, 4.69) is 0 Å². The molecule has 1 saturated heterocycles. The Morgan fingerprint density at radius 2 is 2.00 bits per heavy atom. The van der Waals surface area contributed by atoms with Crippen LogP contribution < -0.4 is 14.6 Å². The number of carbonyl (C=O) groups excluding carboxylic acids is 2. The zero-order valence-corrected chi connectivity index (χ0v) is 15.9. The van der Waals surface area contributed by atoms with Crippen molar-refractivity contribution in [3.8, 4) is 11.5 Å². The first-order valence-electron chi connectivity index (χ1n) is 7.50. The highest BCUT2D eigenvalue weighted by atomic mass is 32.2. The molecule has 134 valence electrons. The molecule has 1 aromatic rings. The quantitative estimate of drug-likeness (QED) is 0.549. The van der Waals surface area contributed by atoms with Gasteiger partial charge in [0.25, 0.3) is 5.91 Å². The lowest BCUT2D eigenvalue weighted by Gasteiger charge is -2.30. The zero-order chi connectivity index (χ0) is 18.7. The maximum absolute atomic E-state index is 12.7. The molecular formula is C17H18NO5S2-. The van der Waals surface area contributed by atoms with Crippen LogP contribution in [0.4, 0.5) is 0 Å². The fourth-order valence-corrected chi connectivity index (χ4v) is 3.81. The molecule has 0 radical (unpaired) electrons. The van der Waals surface area contributed by atoms with Crippen molar-refractivity contribution in [2.75, 3.05) is 14.2 Å². The molecular weight excluding hydrogens is 362 g/mol. The average Bonchev–Trinajstić information content (AvgIpc) is 2.82. The third-order valence-electron chi connectivity index (χ3n) is 3.70. The Hall–Kier alpha value is -2.06. The summed E-state index contributed by atoms with van der Waals surface area (Å²) < 4.78 is 10.7. The lowest BCUT2D eigenvalue weighted by molar-refractivity contribution is -0.311. The smallest absolute Gasteiger partial charge is 0.266 e. The summed E-state index contributed by atoms with van der Waals surface area (Å²) in [6.45, 7) is 3.40. The summed E-state index contributed by atoms with van der Waals surface area (Å²) in [7, 11) is 3.06. The molecule has 1 fully saturated rings. The topological polar surface area (TPSA) is 78.9 Å². The first-order chi connectivity index (χ1) is 11.8. The molecule has 0 N–H and O–H groups in total. The van der Waals surface area contributed by atoms with Crippen molar-refractivity contribution in [2.45, 2.75) is 19.9 Å². The number of thiocarbonyl (C=S) groups is 1. The number of carboxylic acid groups (broad SMARTS) is 1. The van der Waals surface area contributed by atoms with Gasteiger partial charge in [-0.25, -0.2) is 0 Å². The van der Waals surface area contributed by atoms with Crippen molar-refractivity contribution in [2.24, 2.45) is 5.92 Å². The minimum absolute atomic E-state index is 0.195. The summed E-state index contributed by atoms with van der Waals surface area (Å²) in [6, 6.07) is 4.09. The molecule has 0 aliphatic carbocycles. The third-order valence-corrected chi connectivity index (χ3v) is 5.03. The van der Waals surface area contributed by atoms with Gasteiger partial charge in [0.2, 0.25) is 0 Å². The maximum Gasteiger partial charge on any atom is 0.266 e. The van der Waals surface area contributed by atoms with Gasteiger partial charge in [0.1, 0.15) is 15.8 Å². The van der Waals surface area contributed by atoms with E-state index >= 15 is 0 Å². The fourth-order valence-electron chi connectivity index (χ4n) is 2.49. The van der Waals surface area contributed by atoms with Crippen LogP contribution in [0.1, 0.15) is 19.4 Å². The van der Waals surface area contributed by atoms with Crippen LogP contribution in [0.3, 0.4) is 0 Å². The Morgan fingerprint density at radius 1 is 1.32 bits per heavy atom. The van der Waals surface area contributed by atoms with Crippen molar-refractivity contribution >= 4 is 46.3 Å². The number of methoxy groups -OCH3 is 2. The highest BCUT2D eigenvalue weighted by Gasteiger charge is 2.39. The van der Waals surface area contributed by atoms with Gasteiger partial charge in [-0.2, -0.15) is 0 Å². The number of thioether (sulfide) groups is 1. The van der Waals surface area contributed by atoms with Crippen molar-refractivity contribution in [1.29, 1.82) is 0 Å². The molecule has 25 heavy (non-hydrogen) atoms. The lowest BCUT2D eigenvalue weighted by atomic mass is 10.0. The molecule has 1 atom stereocenters. The molecule has 1 heterocycles. The van der Waals surface area contributed by atoms with E-state index < -0.39 is 17.9 Å². The number of aliphatic carboxylic acids is 1. The van der Waals surface area contributed by atoms with Crippen LogP contribution in [0, 0.1) is 5.92 Å². The van der Waals surface area contributed by atoms with Crippen LogP contribution in [0.15, 0.2) is 23.1 Å². The second kappa shape index (κ2) is 7.88. The van der Waals surface area contributed by atoms with Crippen molar-refractivity contribution < 1.29 is 24.2 Å². The number of carboxylic acids is 1. The van der Waals surface area contributed by atoms with Gasteiger partial charge in [-0.1, -0.05) is 37.8 Å². The van der Waals surface area contributed by atoms with Gasteiger partial charge < -0.3 is 19.4 Å². The van der Waals surface area contributed by atoms with Crippen molar-refractivity contribution in [1.82, 2.24) is 4.90 Å². The van der Waals surface area contributed by atoms with Gasteiger partial charge >= 0.3 is 0 Å². The predicted molar refractivity (Wildman–Crippen MR) is 98.2 cm³/mol. The number of ether oxygens (including phenoxy) is 2. The number of hydrogen-bond acceptors (Lipinski definition) is 7. The molecule has 0 bridgehead atoms. The number of amides is 1. The SMILES string of the molecule is COc1ccc(OC)c(/C=C2/SC(=S)N([C@H](C(=O)[O-])C(C)C)C2=O)c1. The van der Waals surface area contributed by atoms with E-state index in [1.807, 2.05) is 0 Å². The van der Waals surface area contributed by atoms with E-state index in [1.165, 1.54) is 14.2 Å². The van der Waals surface area contributed by atoms with E-state index in [-0.39, 0.29) is 10.2 Å². The molecule has 0 aromatic heterocycles. The minimum Gasteiger partial charge on any atom is -0.548 e. The molecule has 1 aliphatic heterocycles. The van der Waals surface area contributed by atoms with Crippen LogP contribution in [-0.4, -0.2) is 41.4 Å². The van der Waals surface area contributed by atoms with Gasteiger partial charge in [-0.15, -0.1) is 0 Å². The van der Waals surface area contributed by atoms with Crippen LogP contribution in [0.5, 0.6) is 11.5 Å². The summed E-state index contributed by atoms with van der Waals surface area (Å²) >= 11 is 6.27. The summed E-state index contributed by atoms with van der Waals surface area (Å²) in [5, 5.41) is 11.4. The molecule has 8 heteroatoms. The van der Waals surface area contributed by atoms with E-state index in [9.17, 15) is 14.7 Å². The van der Waals surface area contributed by atoms with Gasteiger partial charge in [0.05, 0.1) is 31.1 Å². The monoisotopic (exact) mass is 380 g/mol. The predicted octanol–water partition coefficient (Wildman–Crippen LogP) is 1.68. The van der Waals surface area contributed by atoms with Gasteiger partial charge in [-0.05, 0) is 30.2 Å². The third kappa shape index (κ3) is 3.96. The maximum atomic E-state index is 12.7.